The van der Waals surface area contributed by atoms with Crippen molar-refractivity contribution in [3.05, 3.63) is 36.0 Å². The zero-order valence-electron chi connectivity index (χ0n) is 11.6. The number of nitrogens with zero attached hydrogens (tertiary/aromatic N) is 4. The van der Waals surface area contributed by atoms with E-state index in [0.29, 0.717) is 5.16 Å². The lowest BCUT2D eigenvalue weighted by Crippen LogP contribution is -2.04. The van der Waals surface area contributed by atoms with Gasteiger partial charge >= 0.3 is 5.97 Å². The minimum absolute atomic E-state index is 0.0252. The second kappa shape index (κ2) is 5.25. The first-order valence-corrected chi connectivity index (χ1v) is 7.38. The molecule has 0 atom stereocenters. The molecule has 7 heteroatoms. The summed E-state index contributed by atoms with van der Waals surface area (Å²) in [6, 6.07) is 9.75. The monoisotopic (exact) mass is 302 g/mol. The highest BCUT2D eigenvalue weighted by Crippen LogP contribution is 2.29. The van der Waals surface area contributed by atoms with Gasteiger partial charge in [-0.25, -0.2) is 9.67 Å². The van der Waals surface area contributed by atoms with Gasteiger partial charge in [-0.3, -0.25) is 9.36 Å². The molecule has 6 nitrogen and oxygen atoms in total. The van der Waals surface area contributed by atoms with E-state index in [1.54, 1.807) is 4.68 Å². The fourth-order valence-electron chi connectivity index (χ4n) is 2.29. The first-order chi connectivity index (χ1) is 10.1. The number of hydrogen-bond donors (Lipinski definition) is 1. The number of benzene rings is 1. The fourth-order valence-corrected chi connectivity index (χ4v) is 3.01. The lowest BCUT2D eigenvalue weighted by molar-refractivity contribution is -0.133. The molecule has 1 N–H and O–H groups in total. The van der Waals surface area contributed by atoms with Crippen LogP contribution in [0.4, 0.5) is 0 Å². The van der Waals surface area contributed by atoms with Gasteiger partial charge in [-0.05, 0) is 19.1 Å². The number of aryl methyl sites for hydroxylation is 2. The molecule has 0 spiro atoms. The van der Waals surface area contributed by atoms with Crippen molar-refractivity contribution in [2.75, 3.05) is 5.75 Å². The molecular weight excluding hydrogens is 288 g/mol. The van der Waals surface area contributed by atoms with Gasteiger partial charge in [-0.15, -0.1) is 0 Å². The van der Waals surface area contributed by atoms with E-state index in [9.17, 15) is 4.79 Å². The molecule has 0 fully saturated rings. The van der Waals surface area contributed by atoms with Crippen LogP contribution in [0.5, 0.6) is 0 Å². The quantitative estimate of drug-likeness (QED) is 0.748. The van der Waals surface area contributed by atoms with Gasteiger partial charge in [0.15, 0.2) is 10.8 Å². The number of fused-ring (bicyclic) bond motifs is 1. The second-order valence-corrected chi connectivity index (χ2v) is 5.57. The van der Waals surface area contributed by atoms with Crippen LogP contribution in [0, 0.1) is 6.92 Å². The molecule has 3 aromatic rings. The van der Waals surface area contributed by atoms with Gasteiger partial charge in [-0.2, -0.15) is 5.10 Å². The second-order valence-electron chi connectivity index (χ2n) is 4.63. The Balaban J connectivity index is 2.22. The van der Waals surface area contributed by atoms with Crippen LogP contribution in [0.3, 0.4) is 0 Å². The summed E-state index contributed by atoms with van der Waals surface area (Å²) in [7, 11) is 1.86. The summed E-state index contributed by atoms with van der Waals surface area (Å²) in [5.41, 5.74) is 3.44. The van der Waals surface area contributed by atoms with Crippen LogP contribution in [-0.2, 0) is 11.8 Å². The molecule has 0 aliphatic rings. The minimum Gasteiger partial charge on any atom is -0.481 e. The van der Waals surface area contributed by atoms with E-state index in [0.717, 1.165) is 22.5 Å². The number of aliphatic carboxylic acids is 1. The predicted molar refractivity (Wildman–Crippen MR) is 80.9 cm³/mol. The largest absolute Gasteiger partial charge is 0.481 e. The third-order valence-corrected chi connectivity index (χ3v) is 4.03. The lowest BCUT2D eigenvalue weighted by Gasteiger charge is -2.08. The number of carboxylic acids is 1. The van der Waals surface area contributed by atoms with Gasteiger partial charge < -0.3 is 5.11 Å². The van der Waals surface area contributed by atoms with Crippen molar-refractivity contribution in [1.29, 1.82) is 0 Å². The highest BCUT2D eigenvalue weighted by Gasteiger charge is 2.19. The van der Waals surface area contributed by atoms with E-state index in [1.165, 1.54) is 11.8 Å². The fraction of sp³-hybridized carbons (Fsp3) is 0.214. The number of carbonyl (C=O) groups is 1. The molecule has 21 heavy (non-hydrogen) atoms. The first-order valence-electron chi connectivity index (χ1n) is 6.40. The van der Waals surface area contributed by atoms with Gasteiger partial charge in [0, 0.05) is 12.7 Å². The summed E-state index contributed by atoms with van der Waals surface area (Å²) in [4.78, 5) is 15.4. The van der Waals surface area contributed by atoms with Crippen LogP contribution < -0.4 is 0 Å². The van der Waals surface area contributed by atoms with E-state index in [1.807, 2.05) is 48.9 Å². The van der Waals surface area contributed by atoms with E-state index in [4.69, 9.17) is 5.11 Å². The zero-order chi connectivity index (χ0) is 15.0. The summed E-state index contributed by atoms with van der Waals surface area (Å²) in [5.74, 6) is -0.885. The molecule has 0 saturated carbocycles. The number of hydrogen-bond acceptors (Lipinski definition) is 4. The van der Waals surface area contributed by atoms with Gasteiger partial charge in [0.05, 0.1) is 11.4 Å². The van der Waals surface area contributed by atoms with Gasteiger partial charge in [-0.1, -0.05) is 30.0 Å². The average molecular weight is 302 g/mol. The standard InChI is InChI=1S/C14H14N4O2S/c1-9-12-13(17(2)16-9)18(10-6-4-3-5-7-10)14(15-12)21-8-11(19)20/h3-7H,8H2,1-2H3,(H,19,20). The van der Waals surface area contributed by atoms with Crippen LogP contribution in [0.1, 0.15) is 5.69 Å². The topological polar surface area (TPSA) is 72.9 Å². The third-order valence-electron chi connectivity index (χ3n) is 3.11. The van der Waals surface area contributed by atoms with E-state index in [2.05, 4.69) is 10.1 Å². The number of carboxylic acid groups (broad SMARTS) is 1. The number of thioether (sulfide) groups is 1. The van der Waals surface area contributed by atoms with Gasteiger partial charge in [0.1, 0.15) is 5.52 Å². The molecule has 0 unspecified atom stereocenters. The summed E-state index contributed by atoms with van der Waals surface area (Å²) < 4.78 is 3.72. The molecule has 0 aliphatic carbocycles. The summed E-state index contributed by atoms with van der Waals surface area (Å²) in [6.07, 6.45) is 0. The van der Waals surface area contributed by atoms with Crippen molar-refractivity contribution >= 4 is 28.9 Å². The van der Waals surface area contributed by atoms with E-state index in [-0.39, 0.29) is 5.75 Å². The molecule has 3 rings (SSSR count). The molecular formula is C14H14N4O2S. The van der Waals surface area contributed by atoms with E-state index < -0.39 is 5.97 Å². The number of rotatable bonds is 4. The molecule has 2 heterocycles. The van der Waals surface area contributed by atoms with Crippen LogP contribution in [0.2, 0.25) is 0 Å². The van der Waals surface area contributed by atoms with Crippen LogP contribution in [0.15, 0.2) is 35.5 Å². The maximum Gasteiger partial charge on any atom is 0.313 e. The predicted octanol–water partition coefficient (Wildman–Crippen LogP) is 2.24. The third kappa shape index (κ3) is 2.40. The van der Waals surface area contributed by atoms with E-state index >= 15 is 0 Å². The highest BCUT2D eigenvalue weighted by molar-refractivity contribution is 7.99. The number of imidazole rings is 1. The van der Waals surface area contributed by atoms with Crippen molar-refractivity contribution in [3.63, 3.8) is 0 Å². The summed E-state index contributed by atoms with van der Waals surface area (Å²) in [5, 5.41) is 13.9. The molecule has 2 aromatic heterocycles. The Morgan fingerprint density at radius 3 is 2.71 bits per heavy atom. The molecule has 0 saturated heterocycles. The normalized spacial score (nSPS) is 11.1. The van der Waals surface area contributed by atoms with Crippen molar-refractivity contribution in [2.45, 2.75) is 12.1 Å². The molecule has 0 amide bonds. The number of para-hydroxylation sites is 1. The Morgan fingerprint density at radius 2 is 2.05 bits per heavy atom. The van der Waals surface area contributed by atoms with Crippen molar-refractivity contribution in [2.24, 2.45) is 7.05 Å². The van der Waals surface area contributed by atoms with Crippen molar-refractivity contribution in [3.8, 4) is 5.69 Å². The number of aromatic nitrogens is 4. The minimum atomic E-state index is -0.860. The zero-order valence-corrected chi connectivity index (χ0v) is 12.5. The maximum absolute atomic E-state index is 10.8. The smallest absolute Gasteiger partial charge is 0.313 e. The van der Waals surface area contributed by atoms with Crippen molar-refractivity contribution in [1.82, 2.24) is 19.3 Å². The van der Waals surface area contributed by atoms with Gasteiger partial charge in [0.25, 0.3) is 0 Å². The Kier molecular flexibility index (Phi) is 3.42. The maximum atomic E-state index is 10.8. The molecule has 1 aromatic carbocycles. The summed E-state index contributed by atoms with van der Waals surface area (Å²) in [6.45, 7) is 1.90. The highest BCUT2D eigenvalue weighted by atomic mass is 32.2. The molecule has 0 bridgehead atoms. The Morgan fingerprint density at radius 1 is 1.33 bits per heavy atom. The van der Waals surface area contributed by atoms with Crippen LogP contribution in [-0.4, -0.2) is 36.2 Å². The molecule has 108 valence electrons. The van der Waals surface area contributed by atoms with Gasteiger partial charge in [0.2, 0.25) is 0 Å². The molecule has 0 radical (unpaired) electrons. The SMILES string of the molecule is Cc1nn(C)c2c1nc(SCC(=O)O)n2-c1ccccc1. The van der Waals surface area contributed by atoms with Crippen LogP contribution in [0.25, 0.3) is 16.9 Å². The lowest BCUT2D eigenvalue weighted by atomic mass is 10.3. The Bertz CT molecular complexity index is 807. The van der Waals surface area contributed by atoms with Crippen molar-refractivity contribution < 1.29 is 9.90 Å². The molecule has 0 aliphatic heterocycles. The Hall–Kier alpha value is -2.28. The average Bonchev–Trinajstić information content (AvgIpc) is 2.96. The summed E-state index contributed by atoms with van der Waals surface area (Å²) >= 11 is 1.21. The first kappa shape index (κ1) is 13.7. The van der Waals surface area contributed by atoms with Crippen LogP contribution >= 0.6 is 11.8 Å². The Labute approximate surface area is 125 Å².